The molecule has 5 heteroatoms. The van der Waals surface area contributed by atoms with E-state index in [-0.39, 0.29) is 6.61 Å². The van der Waals surface area contributed by atoms with E-state index in [1.54, 1.807) is 0 Å². The third-order valence-electron chi connectivity index (χ3n) is 3.69. The van der Waals surface area contributed by atoms with Crippen LogP contribution in [0.15, 0.2) is 60.7 Å². The normalized spacial score (nSPS) is 13.4. The van der Waals surface area contributed by atoms with Crippen LogP contribution in [0, 0.1) is 10.1 Å². The van der Waals surface area contributed by atoms with Crippen molar-refractivity contribution in [3.63, 3.8) is 0 Å². The van der Waals surface area contributed by atoms with Crippen LogP contribution in [0.2, 0.25) is 0 Å². The fourth-order valence-corrected chi connectivity index (χ4v) is 2.34. The van der Waals surface area contributed by atoms with Gasteiger partial charge in [0.2, 0.25) is 0 Å². The molecule has 0 saturated heterocycles. The topological polar surface area (TPSA) is 72.6 Å². The monoisotopic (exact) mass is 315 g/mol. The second-order valence-corrected chi connectivity index (χ2v) is 5.45. The van der Waals surface area contributed by atoms with Crippen molar-refractivity contribution in [2.75, 3.05) is 6.61 Å². The summed E-state index contributed by atoms with van der Waals surface area (Å²) in [7, 11) is 0. The summed E-state index contributed by atoms with van der Waals surface area (Å²) in [5.74, 6) is 0. The second-order valence-electron chi connectivity index (χ2n) is 5.45. The lowest BCUT2D eigenvalue weighted by Gasteiger charge is -2.16. The van der Waals surface area contributed by atoms with Crippen molar-refractivity contribution < 1.29 is 14.8 Å². The van der Waals surface area contributed by atoms with Gasteiger partial charge in [-0.05, 0) is 24.0 Å². The number of nitrogens with zero attached hydrogens (tertiary/aromatic N) is 1. The maximum absolute atomic E-state index is 11.2. The molecule has 0 bridgehead atoms. The van der Waals surface area contributed by atoms with Crippen LogP contribution in [0.1, 0.15) is 17.5 Å². The van der Waals surface area contributed by atoms with Gasteiger partial charge in [-0.1, -0.05) is 60.7 Å². The first-order valence-corrected chi connectivity index (χ1v) is 7.64. The Hall–Kier alpha value is -2.24. The zero-order valence-corrected chi connectivity index (χ0v) is 12.9. The molecule has 2 rings (SSSR count). The molecule has 5 nitrogen and oxygen atoms in total. The van der Waals surface area contributed by atoms with Gasteiger partial charge in [-0.3, -0.25) is 10.1 Å². The van der Waals surface area contributed by atoms with Crippen LogP contribution in [0.25, 0.3) is 0 Å². The Morgan fingerprint density at radius 2 is 1.57 bits per heavy atom. The van der Waals surface area contributed by atoms with E-state index in [0.717, 1.165) is 11.1 Å². The van der Waals surface area contributed by atoms with E-state index in [1.807, 2.05) is 60.7 Å². The van der Waals surface area contributed by atoms with E-state index in [0.29, 0.717) is 19.4 Å². The van der Waals surface area contributed by atoms with E-state index in [2.05, 4.69) is 0 Å². The molecule has 0 aliphatic carbocycles. The molecule has 0 heterocycles. The average molecular weight is 315 g/mol. The van der Waals surface area contributed by atoms with E-state index in [9.17, 15) is 15.2 Å². The Kier molecular flexibility index (Phi) is 6.72. The zero-order valence-electron chi connectivity index (χ0n) is 12.9. The minimum absolute atomic E-state index is 0.0994. The molecule has 0 radical (unpaired) electrons. The van der Waals surface area contributed by atoms with Gasteiger partial charge in [0.05, 0.1) is 6.61 Å². The quantitative estimate of drug-likeness (QED) is 0.570. The summed E-state index contributed by atoms with van der Waals surface area (Å²) in [5.41, 5.74) is 2.01. The van der Waals surface area contributed by atoms with Crippen LogP contribution in [0.3, 0.4) is 0 Å². The predicted octanol–water partition coefficient (Wildman–Crippen LogP) is 2.84. The van der Waals surface area contributed by atoms with Gasteiger partial charge in [-0.25, -0.2) is 0 Å². The number of benzene rings is 2. The summed E-state index contributed by atoms with van der Waals surface area (Å²) in [6, 6.07) is 18.0. The zero-order chi connectivity index (χ0) is 16.5. The summed E-state index contributed by atoms with van der Waals surface area (Å²) < 4.78 is 5.41. The molecule has 0 unspecified atom stereocenters. The number of rotatable bonds is 9. The van der Waals surface area contributed by atoms with Gasteiger partial charge >= 0.3 is 0 Å². The summed E-state index contributed by atoms with van der Waals surface area (Å²) in [6.45, 7) is 0.203. The van der Waals surface area contributed by atoms with Gasteiger partial charge in [-0.15, -0.1) is 0 Å². The van der Waals surface area contributed by atoms with Crippen LogP contribution >= 0.6 is 0 Å². The van der Waals surface area contributed by atoms with E-state index in [4.69, 9.17) is 4.74 Å². The Morgan fingerprint density at radius 3 is 2.13 bits per heavy atom. The Morgan fingerprint density at radius 1 is 1.00 bits per heavy atom. The molecule has 0 spiro atoms. The molecule has 0 aromatic heterocycles. The fourth-order valence-electron chi connectivity index (χ4n) is 2.34. The minimum Gasteiger partial charge on any atom is -0.386 e. The van der Waals surface area contributed by atoms with E-state index < -0.39 is 17.1 Å². The smallest absolute Gasteiger partial charge is 0.261 e. The summed E-state index contributed by atoms with van der Waals surface area (Å²) >= 11 is 0. The fraction of sp³-hybridized carbons (Fsp3) is 0.333. The molecule has 2 aromatic carbocycles. The lowest BCUT2D eigenvalue weighted by Crippen LogP contribution is -2.38. The molecule has 23 heavy (non-hydrogen) atoms. The average Bonchev–Trinajstić information content (AvgIpc) is 2.58. The highest BCUT2D eigenvalue weighted by molar-refractivity contribution is 5.15. The lowest BCUT2D eigenvalue weighted by molar-refractivity contribution is -0.538. The predicted molar refractivity (Wildman–Crippen MR) is 87.7 cm³/mol. The molecule has 0 fully saturated rings. The minimum atomic E-state index is -1.11. The standard InChI is InChI=1S/C18H21NO4/c20-18(12-11-15-7-3-1-4-8-15)17(19(21)22)14-23-13-16-9-5-2-6-10-16/h1-10,17-18,20H,11-14H2/t17-,18-/m0/s1. The van der Waals surface area contributed by atoms with Gasteiger partial charge in [0.1, 0.15) is 12.7 Å². The van der Waals surface area contributed by atoms with Crippen LogP contribution in [-0.2, 0) is 17.8 Å². The number of aliphatic hydroxyl groups excluding tert-OH is 1. The Labute approximate surface area is 135 Å². The van der Waals surface area contributed by atoms with Crippen LogP contribution < -0.4 is 0 Å². The van der Waals surface area contributed by atoms with Crippen molar-refractivity contribution in [2.45, 2.75) is 31.6 Å². The number of aliphatic hydroxyl groups is 1. The third kappa shape index (κ3) is 5.81. The van der Waals surface area contributed by atoms with Crippen LogP contribution in [0.4, 0.5) is 0 Å². The van der Waals surface area contributed by atoms with Crippen molar-refractivity contribution >= 4 is 0 Å². The maximum atomic E-state index is 11.2. The molecule has 2 aromatic rings. The molecule has 1 N–H and O–H groups in total. The highest BCUT2D eigenvalue weighted by Crippen LogP contribution is 2.11. The number of aryl methyl sites for hydroxylation is 1. The summed E-state index contributed by atoms with van der Waals surface area (Å²) in [5, 5.41) is 21.3. The number of hydrogen-bond donors (Lipinski definition) is 1. The number of nitro groups is 1. The lowest BCUT2D eigenvalue weighted by atomic mass is 10.0. The first kappa shape index (κ1) is 17.1. The van der Waals surface area contributed by atoms with Crippen LogP contribution in [-0.4, -0.2) is 28.8 Å². The van der Waals surface area contributed by atoms with Gasteiger partial charge in [0.15, 0.2) is 0 Å². The van der Waals surface area contributed by atoms with Gasteiger partial charge < -0.3 is 9.84 Å². The molecular formula is C18H21NO4. The third-order valence-corrected chi connectivity index (χ3v) is 3.69. The molecule has 0 amide bonds. The number of ether oxygens (including phenoxy) is 1. The van der Waals surface area contributed by atoms with Gasteiger partial charge in [0.25, 0.3) is 6.04 Å². The first-order valence-electron chi connectivity index (χ1n) is 7.64. The van der Waals surface area contributed by atoms with E-state index in [1.165, 1.54) is 0 Å². The molecule has 0 aliphatic rings. The van der Waals surface area contributed by atoms with Crippen molar-refractivity contribution in [1.29, 1.82) is 0 Å². The SMILES string of the molecule is O=[N+]([O-])[C@@H](COCc1ccccc1)[C@@H](O)CCc1ccccc1. The number of hydrogen-bond acceptors (Lipinski definition) is 4. The van der Waals surface area contributed by atoms with Gasteiger partial charge in [-0.2, -0.15) is 0 Å². The maximum Gasteiger partial charge on any atom is 0.261 e. The molecule has 0 aliphatic heterocycles. The van der Waals surface area contributed by atoms with Crippen molar-refractivity contribution in [3.8, 4) is 0 Å². The largest absolute Gasteiger partial charge is 0.386 e. The highest BCUT2D eigenvalue weighted by Gasteiger charge is 2.29. The summed E-state index contributed by atoms with van der Waals surface area (Å²) in [4.78, 5) is 10.7. The van der Waals surface area contributed by atoms with Crippen molar-refractivity contribution in [1.82, 2.24) is 0 Å². The van der Waals surface area contributed by atoms with Gasteiger partial charge in [0, 0.05) is 4.92 Å². The molecule has 2 atom stereocenters. The molecule has 122 valence electrons. The first-order chi connectivity index (χ1) is 11.2. The van der Waals surface area contributed by atoms with E-state index >= 15 is 0 Å². The van der Waals surface area contributed by atoms with Crippen molar-refractivity contribution in [3.05, 3.63) is 81.9 Å². The molecular weight excluding hydrogens is 294 g/mol. The highest BCUT2D eigenvalue weighted by atomic mass is 16.6. The second kappa shape index (κ2) is 9.02. The van der Waals surface area contributed by atoms with Crippen molar-refractivity contribution in [2.24, 2.45) is 0 Å². The summed E-state index contributed by atoms with van der Waals surface area (Å²) in [6.07, 6.45) is -0.0870. The Balaban J connectivity index is 1.81. The Bertz CT molecular complexity index is 588. The molecule has 0 saturated carbocycles. The van der Waals surface area contributed by atoms with Crippen LogP contribution in [0.5, 0.6) is 0 Å².